The molecule has 1 N–H and O–H groups in total. The highest BCUT2D eigenvalue weighted by Gasteiger charge is 2.29. The molecule has 1 fully saturated rings. The van der Waals surface area contributed by atoms with Gasteiger partial charge in [-0.05, 0) is 18.6 Å². The molecule has 20 heavy (non-hydrogen) atoms. The molecule has 2 rings (SSSR count). The Morgan fingerprint density at radius 2 is 1.95 bits per heavy atom. The van der Waals surface area contributed by atoms with Gasteiger partial charge in [-0.25, -0.2) is 8.42 Å². The number of methoxy groups -OCH3 is 1. The van der Waals surface area contributed by atoms with Gasteiger partial charge >= 0.3 is 0 Å². The first-order chi connectivity index (χ1) is 9.32. The Balaban J connectivity index is 2.14. The van der Waals surface area contributed by atoms with Crippen LogP contribution in [0.1, 0.15) is 16.8 Å². The van der Waals surface area contributed by atoms with E-state index < -0.39 is 15.7 Å². The average Bonchev–Trinajstić information content (AvgIpc) is 2.68. The molecule has 0 radical (unpaired) electrons. The fraction of sp³-hybridized carbons (Fsp3) is 0.417. The molecule has 1 saturated heterocycles. The van der Waals surface area contributed by atoms with Gasteiger partial charge in [0.1, 0.15) is 0 Å². The summed E-state index contributed by atoms with van der Waals surface area (Å²) in [4.78, 5) is 12.1. The highest BCUT2D eigenvalue weighted by atomic mass is 35.5. The van der Waals surface area contributed by atoms with Crippen LogP contribution in [0.3, 0.4) is 0 Å². The van der Waals surface area contributed by atoms with E-state index >= 15 is 0 Å². The fourth-order valence-electron chi connectivity index (χ4n) is 2.06. The molecule has 1 aliphatic heterocycles. The Kier molecular flexibility index (Phi) is 4.46. The van der Waals surface area contributed by atoms with E-state index in [4.69, 9.17) is 27.9 Å². The van der Waals surface area contributed by atoms with Crippen LogP contribution >= 0.6 is 23.2 Å². The Labute approximate surface area is 127 Å². The van der Waals surface area contributed by atoms with Crippen molar-refractivity contribution in [1.29, 1.82) is 0 Å². The summed E-state index contributed by atoms with van der Waals surface area (Å²) in [6.45, 7) is 0. The predicted octanol–water partition coefficient (Wildman–Crippen LogP) is 1.92. The molecule has 0 aliphatic carbocycles. The molecule has 8 heteroatoms. The maximum Gasteiger partial charge on any atom is 0.251 e. The van der Waals surface area contributed by atoms with Gasteiger partial charge in [-0.1, -0.05) is 23.2 Å². The smallest absolute Gasteiger partial charge is 0.251 e. The molecule has 1 amide bonds. The zero-order chi connectivity index (χ0) is 14.9. The van der Waals surface area contributed by atoms with Crippen molar-refractivity contribution >= 4 is 38.9 Å². The number of carbonyl (C=O) groups is 1. The molecule has 110 valence electrons. The summed E-state index contributed by atoms with van der Waals surface area (Å²) >= 11 is 11.9. The highest BCUT2D eigenvalue weighted by molar-refractivity contribution is 7.91. The molecule has 0 aromatic heterocycles. The van der Waals surface area contributed by atoms with Crippen LogP contribution in [-0.4, -0.2) is 39.0 Å². The molecule has 0 spiro atoms. The van der Waals surface area contributed by atoms with Crippen LogP contribution < -0.4 is 10.1 Å². The number of halogens is 2. The average molecular weight is 338 g/mol. The maximum atomic E-state index is 12.1. The van der Waals surface area contributed by atoms with Crippen LogP contribution in [-0.2, 0) is 9.84 Å². The van der Waals surface area contributed by atoms with Gasteiger partial charge in [0.05, 0.1) is 28.7 Å². The van der Waals surface area contributed by atoms with Crippen molar-refractivity contribution in [2.75, 3.05) is 18.6 Å². The zero-order valence-corrected chi connectivity index (χ0v) is 13.0. The molecular formula is C12H13Cl2NO4S. The minimum atomic E-state index is -3.04. The van der Waals surface area contributed by atoms with E-state index in [9.17, 15) is 13.2 Å². The molecule has 1 heterocycles. The van der Waals surface area contributed by atoms with Crippen molar-refractivity contribution in [3.05, 3.63) is 27.7 Å². The minimum absolute atomic E-state index is 0.0314. The van der Waals surface area contributed by atoms with Crippen molar-refractivity contribution in [3.63, 3.8) is 0 Å². The standard InChI is InChI=1S/C12H13Cl2NO4S/c1-19-11-9(13)4-7(5-10(11)14)12(16)15-8-2-3-20(17,18)6-8/h4-5,8H,2-3,6H2,1H3,(H,15,16). The SMILES string of the molecule is COc1c(Cl)cc(C(=O)NC2CCS(=O)(=O)C2)cc1Cl. The van der Waals surface area contributed by atoms with Crippen LogP contribution in [0.15, 0.2) is 12.1 Å². The van der Waals surface area contributed by atoms with Gasteiger partial charge < -0.3 is 10.1 Å². The van der Waals surface area contributed by atoms with E-state index in [1.165, 1.54) is 19.2 Å². The third-order valence-electron chi connectivity index (χ3n) is 3.03. The number of sulfone groups is 1. The van der Waals surface area contributed by atoms with Gasteiger partial charge in [0.15, 0.2) is 15.6 Å². The van der Waals surface area contributed by atoms with E-state index in [-0.39, 0.29) is 33.2 Å². The monoisotopic (exact) mass is 337 g/mol. The van der Waals surface area contributed by atoms with E-state index in [0.29, 0.717) is 12.2 Å². The number of amides is 1. The first-order valence-electron chi connectivity index (χ1n) is 5.87. The molecule has 5 nitrogen and oxygen atoms in total. The summed E-state index contributed by atoms with van der Waals surface area (Å²) in [5.41, 5.74) is 0.269. The van der Waals surface area contributed by atoms with Crippen LogP contribution in [0.25, 0.3) is 0 Å². The van der Waals surface area contributed by atoms with E-state index in [0.717, 1.165) is 0 Å². The van der Waals surface area contributed by atoms with Crippen molar-refractivity contribution < 1.29 is 17.9 Å². The molecule has 0 saturated carbocycles. The quantitative estimate of drug-likeness (QED) is 0.914. The summed E-state index contributed by atoms with van der Waals surface area (Å²) in [6.07, 6.45) is 0.422. The number of carbonyl (C=O) groups excluding carboxylic acids is 1. The molecule has 1 aliphatic rings. The van der Waals surface area contributed by atoms with Crippen LogP contribution in [0.5, 0.6) is 5.75 Å². The van der Waals surface area contributed by atoms with Gasteiger partial charge in [-0.3, -0.25) is 4.79 Å². The lowest BCUT2D eigenvalue weighted by Crippen LogP contribution is -2.35. The first kappa shape index (κ1) is 15.4. The Morgan fingerprint density at radius 3 is 2.40 bits per heavy atom. The summed E-state index contributed by atoms with van der Waals surface area (Å²) < 4.78 is 27.7. The highest BCUT2D eigenvalue weighted by Crippen LogP contribution is 2.33. The summed E-state index contributed by atoms with van der Waals surface area (Å²) in [5.74, 6) is -0.0369. The predicted molar refractivity (Wildman–Crippen MR) is 77.5 cm³/mol. The Bertz CT molecular complexity index is 622. The lowest BCUT2D eigenvalue weighted by molar-refractivity contribution is 0.0941. The fourth-order valence-corrected chi connectivity index (χ4v) is 4.38. The van der Waals surface area contributed by atoms with Crippen LogP contribution in [0.4, 0.5) is 0 Å². The van der Waals surface area contributed by atoms with Gasteiger partial charge in [-0.2, -0.15) is 0 Å². The van der Waals surface area contributed by atoms with Gasteiger partial charge in [0.2, 0.25) is 0 Å². The second kappa shape index (κ2) is 5.79. The second-order valence-electron chi connectivity index (χ2n) is 4.55. The zero-order valence-electron chi connectivity index (χ0n) is 10.7. The topological polar surface area (TPSA) is 72.5 Å². The number of hydrogen-bond donors (Lipinski definition) is 1. The van der Waals surface area contributed by atoms with E-state index in [1.807, 2.05) is 0 Å². The number of rotatable bonds is 3. The minimum Gasteiger partial charge on any atom is -0.494 e. The third-order valence-corrected chi connectivity index (χ3v) is 5.36. The van der Waals surface area contributed by atoms with Gasteiger partial charge in [-0.15, -0.1) is 0 Å². The largest absolute Gasteiger partial charge is 0.494 e. The Hall–Kier alpha value is -0.980. The molecule has 1 aromatic rings. The lowest BCUT2D eigenvalue weighted by Gasteiger charge is -2.12. The summed E-state index contributed by atoms with van der Waals surface area (Å²) in [6, 6.07) is 2.50. The van der Waals surface area contributed by atoms with Crippen molar-refractivity contribution in [3.8, 4) is 5.75 Å². The van der Waals surface area contributed by atoms with Crippen molar-refractivity contribution in [2.45, 2.75) is 12.5 Å². The summed E-state index contributed by atoms with van der Waals surface area (Å²) in [7, 11) is -1.61. The summed E-state index contributed by atoms with van der Waals surface area (Å²) in [5, 5.41) is 3.12. The number of nitrogens with one attached hydrogen (secondary N) is 1. The molecule has 1 atom stereocenters. The third kappa shape index (κ3) is 3.37. The van der Waals surface area contributed by atoms with Gasteiger partial charge in [0.25, 0.3) is 5.91 Å². The van der Waals surface area contributed by atoms with Crippen LogP contribution in [0, 0.1) is 0 Å². The molecular weight excluding hydrogens is 325 g/mol. The van der Waals surface area contributed by atoms with Crippen molar-refractivity contribution in [1.82, 2.24) is 5.32 Å². The Morgan fingerprint density at radius 1 is 1.35 bits per heavy atom. The number of benzene rings is 1. The van der Waals surface area contributed by atoms with E-state index in [2.05, 4.69) is 5.32 Å². The first-order valence-corrected chi connectivity index (χ1v) is 8.44. The molecule has 1 aromatic carbocycles. The van der Waals surface area contributed by atoms with Crippen molar-refractivity contribution in [2.24, 2.45) is 0 Å². The lowest BCUT2D eigenvalue weighted by atomic mass is 10.1. The maximum absolute atomic E-state index is 12.1. The van der Waals surface area contributed by atoms with E-state index in [1.54, 1.807) is 0 Å². The van der Waals surface area contributed by atoms with Gasteiger partial charge in [0, 0.05) is 11.6 Å². The second-order valence-corrected chi connectivity index (χ2v) is 7.59. The number of ether oxygens (including phenoxy) is 1. The normalized spacial score (nSPS) is 20.6. The van der Waals surface area contributed by atoms with Crippen LogP contribution in [0.2, 0.25) is 10.0 Å². The molecule has 1 unspecified atom stereocenters. The number of hydrogen-bond acceptors (Lipinski definition) is 4. The molecule has 0 bridgehead atoms.